The lowest BCUT2D eigenvalue weighted by molar-refractivity contribution is 0.0226. The molecule has 0 aliphatic carbocycles. The van der Waals surface area contributed by atoms with Gasteiger partial charge in [0.2, 0.25) is 0 Å². The minimum absolute atomic E-state index is 0.335. The van der Waals surface area contributed by atoms with Gasteiger partial charge in [0.1, 0.15) is 5.75 Å². The quantitative estimate of drug-likeness (QED) is 0.780. The van der Waals surface area contributed by atoms with E-state index in [4.69, 9.17) is 4.55 Å². The minimum Gasteiger partial charge on any atom is -0.305 e. The molecule has 0 saturated carbocycles. The molecule has 0 amide bonds. The van der Waals surface area contributed by atoms with Gasteiger partial charge >= 0.3 is 0 Å². The second-order valence-electron chi connectivity index (χ2n) is 4.10. The lowest BCUT2D eigenvalue weighted by atomic mass is 10.1. The monoisotopic (exact) mass is 279 g/mol. The van der Waals surface area contributed by atoms with E-state index < -0.39 is 28.3 Å². The van der Waals surface area contributed by atoms with E-state index in [2.05, 4.69) is 5.32 Å². The molecule has 1 atom stereocenters. The fourth-order valence-corrected chi connectivity index (χ4v) is 2.12. The van der Waals surface area contributed by atoms with Crippen LogP contribution in [0.5, 0.6) is 0 Å². The lowest BCUT2D eigenvalue weighted by Gasteiger charge is -2.19. The van der Waals surface area contributed by atoms with Crippen LogP contribution in [0.25, 0.3) is 0 Å². The maximum Gasteiger partial charge on any atom is 0.276 e. The highest BCUT2D eigenvalue weighted by molar-refractivity contribution is 7.85. The van der Waals surface area contributed by atoms with Crippen molar-refractivity contribution in [3.05, 3.63) is 35.9 Å². The number of nitrogens with one attached hydrogen (secondary N) is 1. The minimum atomic E-state index is -4.68. The summed E-state index contributed by atoms with van der Waals surface area (Å²) in [5.41, 5.74) is 0.820. The average Bonchev–Trinajstić information content (AvgIpc) is 2.24. The largest absolute Gasteiger partial charge is 0.305 e. The van der Waals surface area contributed by atoms with Crippen molar-refractivity contribution in [3.63, 3.8) is 0 Å². The number of rotatable bonds is 6. The number of halogens is 2. The zero-order valence-electron chi connectivity index (χ0n) is 9.81. The Bertz CT molecular complexity index is 476. The van der Waals surface area contributed by atoms with E-state index in [1.54, 1.807) is 31.2 Å². The zero-order valence-corrected chi connectivity index (χ0v) is 10.6. The molecule has 0 spiro atoms. The van der Waals surface area contributed by atoms with Crippen molar-refractivity contribution < 1.29 is 21.8 Å². The molecule has 0 aliphatic heterocycles. The normalized spacial score (nSPS) is 14.4. The number of hydrogen-bond acceptors (Lipinski definition) is 3. The predicted molar refractivity (Wildman–Crippen MR) is 64.2 cm³/mol. The third-order valence-electron chi connectivity index (χ3n) is 2.36. The van der Waals surface area contributed by atoms with Gasteiger partial charge in [-0.25, -0.2) is 8.78 Å². The molecule has 7 heteroatoms. The fraction of sp³-hybridized carbons (Fsp3) is 0.455. The summed E-state index contributed by atoms with van der Waals surface area (Å²) in [7, 11) is -4.68. The molecule has 0 saturated heterocycles. The Labute approximate surface area is 105 Å². The van der Waals surface area contributed by atoms with E-state index >= 15 is 0 Å². The van der Waals surface area contributed by atoms with E-state index in [1.807, 2.05) is 6.07 Å². The summed E-state index contributed by atoms with van der Waals surface area (Å²) in [5, 5.41) is 2.54. The van der Waals surface area contributed by atoms with E-state index in [1.165, 1.54) is 0 Å². The van der Waals surface area contributed by atoms with E-state index in [-0.39, 0.29) is 6.04 Å². The van der Waals surface area contributed by atoms with Crippen molar-refractivity contribution in [2.75, 3.05) is 12.3 Å². The maximum atomic E-state index is 13.2. The van der Waals surface area contributed by atoms with Gasteiger partial charge in [0.15, 0.2) is 0 Å². The van der Waals surface area contributed by atoms with Gasteiger partial charge in [0, 0.05) is 6.04 Å². The number of benzene rings is 1. The van der Waals surface area contributed by atoms with E-state index in [0.717, 1.165) is 5.56 Å². The molecule has 0 heterocycles. The third kappa shape index (κ3) is 5.52. The molecule has 0 unspecified atom stereocenters. The molecule has 1 aromatic rings. The molecule has 4 nitrogen and oxygen atoms in total. The predicted octanol–water partition coefficient (Wildman–Crippen LogP) is 1.86. The van der Waals surface area contributed by atoms with Crippen molar-refractivity contribution in [1.82, 2.24) is 5.32 Å². The molecule has 0 radical (unpaired) electrons. The molecule has 18 heavy (non-hydrogen) atoms. The fourth-order valence-electron chi connectivity index (χ4n) is 1.48. The maximum absolute atomic E-state index is 13.2. The van der Waals surface area contributed by atoms with Crippen molar-refractivity contribution in [2.24, 2.45) is 0 Å². The third-order valence-corrected chi connectivity index (χ3v) is 3.15. The van der Waals surface area contributed by atoms with Crippen LogP contribution >= 0.6 is 0 Å². The summed E-state index contributed by atoms with van der Waals surface area (Å²) in [5.74, 6) is -5.08. The first-order chi connectivity index (χ1) is 8.20. The molecule has 1 rings (SSSR count). The van der Waals surface area contributed by atoms with Crippen LogP contribution in [0.4, 0.5) is 8.78 Å². The Hall–Kier alpha value is -1.05. The van der Waals surface area contributed by atoms with Crippen molar-refractivity contribution >= 4 is 10.1 Å². The van der Waals surface area contributed by atoms with Gasteiger partial charge in [-0.3, -0.25) is 4.55 Å². The summed E-state index contributed by atoms with van der Waals surface area (Å²) in [6, 6.07) is 8.59. The molecular formula is C11H15F2NO3S. The second-order valence-corrected chi connectivity index (χ2v) is 5.55. The molecule has 1 aromatic carbocycles. The van der Waals surface area contributed by atoms with Gasteiger partial charge in [0.05, 0.1) is 6.54 Å². The SMILES string of the molecule is C[C@@H](NCC(F)(F)CS(=O)(=O)O)c1ccccc1. The van der Waals surface area contributed by atoms with Gasteiger partial charge in [-0.05, 0) is 12.5 Å². The van der Waals surface area contributed by atoms with Crippen molar-refractivity contribution in [1.29, 1.82) is 0 Å². The Kier molecular flexibility index (Phi) is 4.78. The van der Waals surface area contributed by atoms with Gasteiger partial charge in [-0.15, -0.1) is 0 Å². The summed E-state index contributed by atoms with van der Waals surface area (Å²) >= 11 is 0. The Morgan fingerprint density at radius 1 is 1.33 bits per heavy atom. The number of alkyl halides is 2. The number of hydrogen-bond donors (Lipinski definition) is 2. The Morgan fingerprint density at radius 2 is 1.89 bits per heavy atom. The van der Waals surface area contributed by atoms with Gasteiger partial charge in [-0.2, -0.15) is 8.42 Å². The van der Waals surface area contributed by atoms with Gasteiger partial charge in [-0.1, -0.05) is 30.3 Å². The van der Waals surface area contributed by atoms with Crippen LogP contribution in [0, 0.1) is 0 Å². The molecule has 0 aliphatic rings. The summed E-state index contributed by atoms with van der Waals surface area (Å²) in [6.07, 6.45) is 0. The van der Waals surface area contributed by atoms with Crippen molar-refractivity contribution in [2.45, 2.75) is 18.9 Å². The molecule has 2 N–H and O–H groups in total. The zero-order chi connectivity index (χ0) is 13.8. The second kappa shape index (κ2) is 5.73. The molecule has 0 aromatic heterocycles. The summed E-state index contributed by atoms with van der Waals surface area (Å²) in [6.45, 7) is 0.877. The van der Waals surface area contributed by atoms with Crippen LogP contribution in [0.15, 0.2) is 30.3 Å². The van der Waals surface area contributed by atoms with Crippen LogP contribution in [0.1, 0.15) is 18.5 Å². The topological polar surface area (TPSA) is 66.4 Å². The molecular weight excluding hydrogens is 264 g/mol. The first-order valence-electron chi connectivity index (χ1n) is 5.31. The highest BCUT2D eigenvalue weighted by atomic mass is 32.2. The first kappa shape index (κ1) is 15.0. The van der Waals surface area contributed by atoms with Gasteiger partial charge < -0.3 is 5.32 Å². The smallest absolute Gasteiger partial charge is 0.276 e. The molecule has 102 valence electrons. The average molecular weight is 279 g/mol. The highest BCUT2D eigenvalue weighted by Gasteiger charge is 2.34. The highest BCUT2D eigenvalue weighted by Crippen LogP contribution is 2.17. The molecule has 0 fully saturated rings. The Balaban J connectivity index is 2.55. The van der Waals surface area contributed by atoms with Crippen LogP contribution in [-0.4, -0.2) is 31.2 Å². The van der Waals surface area contributed by atoms with Crippen LogP contribution < -0.4 is 5.32 Å². The van der Waals surface area contributed by atoms with E-state index in [9.17, 15) is 17.2 Å². The van der Waals surface area contributed by atoms with Crippen molar-refractivity contribution in [3.8, 4) is 0 Å². The summed E-state index contributed by atoms with van der Waals surface area (Å²) < 4.78 is 55.6. The van der Waals surface area contributed by atoms with Gasteiger partial charge in [0.25, 0.3) is 16.0 Å². The molecule has 0 bridgehead atoms. The van der Waals surface area contributed by atoms with E-state index in [0.29, 0.717) is 0 Å². The summed E-state index contributed by atoms with van der Waals surface area (Å²) in [4.78, 5) is 0. The van der Waals surface area contributed by atoms with Crippen LogP contribution in [-0.2, 0) is 10.1 Å². The first-order valence-corrected chi connectivity index (χ1v) is 6.92. The Morgan fingerprint density at radius 3 is 2.39 bits per heavy atom. The lowest BCUT2D eigenvalue weighted by Crippen LogP contribution is -2.39. The standard InChI is InChI=1S/C11H15F2NO3S/c1-9(10-5-3-2-4-6-10)14-7-11(12,13)8-18(15,16)17/h2-6,9,14H,7-8H2,1H3,(H,15,16,17)/t9-/m1/s1. The van der Waals surface area contributed by atoms with Crippen LogP contribution in [0.3, 0.4) is 0 Å². The van der Waals surface area contributed by atoms with Crippen LogP contribution in [0.2, 0.25) is 0 Å².